The zero-order valence-electron chi connectivity index (χ0n) is 10.9. The molecule has 0 unspecified atom stereocenters. The van der Waals surface area contributed by atoms with E-state index in [2.05, 4.69) is 0 Å². The molecule has 1 rings (SSSR count). The molecule has 0 fully saturated rings. The van der Waals surface area contributed by atoms with E-state index in [-0.39, 0.29) is 5.56 Å². The standard InChI is InChI=1S/C13H15F4NO/c1-8(2)18(7-13(15,16)17)12(19)10-5-4-9(3)6-11(10)14/h4-6,8H,7H2,1-3H3. The van der Waals surface area contributed by atoms with Gasteiger partial charge in [-0.05, 0) is 38.5 Å². The lowest BCUT2D eigenvalue weighted by Crippen LogP contribution is -2.43. The Morgan fingerprint density at radius 3 is 2.32 bits per heavy atom. The van der Waals surface area contributed by atoms with Gasteiger partial charge in [0.25, 0.3) is 5.91 Å². The van der Waals surface area contributed by atoms with Crippen molar-refractivity contribution in [3.05, 3.63) is 35.1 Å². The highest BCUT2D eigenvalue weighted by atomic mass is 19.4. The van der Waals surface area contributed by atoms with Gasteiger partial charge in [-0.1, -0.05) is 6.07 Å². The van der Waals surface area contributed by atoms with Crippen LogP contribution < -0.4 is 0 Å². The summed E-state index contributed by atoms with van der Waals surface area (Å²) in [5.41, 5.74) is 0.254. The van der Waals surface area contributed by atoms with Crippen LogP contribution in [0.15, 0.2) is 18.2 Å². The lowest BCUT2D eigenvalue weighted by atomic mass is 10.1. The third kappa shape index (κ3) is 4.22. The summed E-state index contributed by atoms with van der Waals surface area (Å²) in [4.78, 5) is 12.6. The van der Waals surface area contributed by atoms with Crippen LogP contribution in [0.3, 0.4) is 0 Å². The van der Waals surface area contributed by atoms with Crippen LogP contribution in [-0.4, -0.2) is 29.6 Å². The molecule has 0 aliphatic carbocycles. The Bertz CT molecular complexity index is 468. The topological polar surface area (TPSA) is 20.3 Å². The minimum absolute atomic E-state index is 0.344. The Morgan fingerprint density at radius 1 is 1.32 bits per heavy atom. The molecule has 106 valence electrons. The average molecular weight is 277 g/mol. The van der Waals surface area contributed by atoms with E-state index in [1.165, 1.54) is 26.0 Å². The van der Waals surface area contributed by atoms with E-state index in [1.54, 1.807) is 6.92 Å². The number of nitrogens with zero attached hydrogens (tertiary/aromatic N) is 1. The van der Waals surface area contributed by atoms with E-state index in [0.717, 1.165) is 6.07 Å². The highest BCUT2D eigenvalue weighted by Gasteiger charge is 2.35. The summed E-state index contributed by atoms with van der Waals surface area (Å²) < 4.78 is 50.9. The van der Waals surface area contributed by atoms with Gasteiger partial charge in [0.15, 0.2) is 0 Å². The van der Waals surface area contributed by atoms with Crippen LogP contribution in [0.2, 0.25) is 0 Å². The smallest absolute Gasteiger partial charge is 0.327 e. The molecule has 0 heterocycles. The molecular formula is C13H15F4NO. The van der Waals surface area contributed by atoms with Gasteiger partial charge in [0.1, 0.15) is 12.4 Å². The van der Waals surface area contributed by atoms with E-state index in [0.29, 0.717) is 10.5 Å². The van der Waals surface area contributed by atoms with Crippen LogP contribution in [0.4, 0.5) is 17.6 Å². The summed E-state index contributed by atoms with van der Waals surface area (Å²) in [6, 6.07) is 3.15. The molecule has 0 bridgehead atoms. The first-order valence-electron chi connectivity index (χ1n) is 5.75. The summed E-state index contributed by atoms with van der Waals surface area (Å²) in [7, 11) is 0. The highest BCUT2D eigenvalue weighted by molar-refractivity contribution is 5.94. The number of rotatable bonds is 3. The normalized spacial score (nSPS) is 11.8. The molecule has 1 aromatic carbocycles. The van der Waals surface area contributed by atoms with Crippen molar-refractivity contribution in [1.29, 1.82) is 0 Å². The number of aryl methyl sites for hydroxylation is 1. The minimum Gasteiger partial charge on any atom is -0.327 e. The molecule has 0 aromatic heterocycles. The maximum Gasteiger partial charge on any atom is 0.406 e. The third-order valence-electron chi connectivity index (χ3n) is 2.59. The predicted octanol–water partition coefficient (Wildman–Crippen LogP) is 3.55. The lowest BCUT2D eigenvalue weighted by molar-refractivity contribution is -0.143. The first kappa shape index (κ1) is 15.5. The second-order valence-electron chi connectivity index (χ2n) is 4.63. The predicted molar refractivity (Wildman–Crippen MR) is 63.4 cm³/mol. The lowest BCUT2D eigenvalue weighted by Gasteiger charge is -2.28. The van der Waals surface area contributed by atoms with Gasteiger partial charge in [-0.15, -0.1) is 0 Å². The molecule has 0 N–H and O–H groups in total. The van der Waals surface area contributed by atoms with E-state index in [1.807, 2.05) is 0 Å². The number of benzene rings is 1. The maximum absolute atomic E-state index is 13.6. The Kier molecular flexibility index (Phi) is 4.55. The summed E-state index contributed by atoms with van der Waals surface area (Å²) >= 11 is 0. The Morgan fingerprint density at radius 2 is 1.89 bits per heavy atom. The van der Waals surface area contributed by atoms with Crippen LogP contribution in [0.1, 0.15) is 29.8 Å². The molecule has 0 spiro atoms. The molecule has 0 aliphatic rings. The van der Waals surface area contributed by atoms with Crippen LogP contribution in [0.5, 0.6) is 0 Å². The molecule has 1 aromatic rings. The van der Waals surface area contributed by atoms with Crippen molar-refractivity contribution in [2.75, 3.05) is 6.54 Å². The van der Waals surface area contributed by atoms with Crippen LogP contribution in [0.25, 0.3) is 0 Å². The quantitative estimate of drug-likeness (QED) is 0.774. The van der Waals surface area contributed by atoms with Gasteiger partial charge in [-0.25, -0.2) is 4.39 Å². The molecule has 2 nitrogen and oxygen atoms in total. The number of carbonyl (C=O) groups is 1. The summed E-state index contributed by atoms with van der Waals surface area (Å²) in [5, 5.41) is 0. The van der Waals surface area contributed by atoms with E-state index < -0.39 is 30.5 Å². The number of hydrogen-bond acceptors (Lipinski definition) is 1. The molecule has 19 heavy (non-hydrogen) atoms. The van der Waals surface area contributed by atoms with Crippen molar-refractivity contribution >= 4 is 5.91 Å². The molecule has 0 atom stereocenters. The average Bonchev–Trinajstić information content (AvgIpc) is 2.23. The first-order valence-corrected chi connectivity index (χ1v) is 5.75. The monoisotopic (exact) mass is 277 g/mol. The number of halogens is 4. The second kappa shape index (κ2) is 5.59. The zero-order valence-corrected chi connectivity index (χ0v) is 10.9. The Labute approximate surface area is 109 Å². The van der Waals surface area contributed by atoms with Gasteiger partial charge >= 0.3 is 6.18 Å². The summed E-state index contributed by atoms with van der Waals surface area (Å²) in [5.74, 6) is -1.76. The van der Waals surface area contributed by atoms with Gasteiger partial charge in [0.05, 0.1) is 5.56 Å². The Balaban J connectivity index is 3.06. The molecule has 1 amide bonds. The number of carbonyl (C=O) groups excluding carboxylic acids is 1. The fourth-order valence-electron chi connectivity index (χ4n) is 1.63. The van der Waals surface area contributed by atoms with Crippen molar-refractivity contribution in [1.82, 2.24) is 4.90 Å². The van der Waals surface area contributed by atoms with Gasteiger partial charge in [-0.2, -0.15) is 13.2 Å². The van der Waals surface area contributed by atoms with Crippen LogP contribution in [0, 0.1) is 12.7 Å². The van der Waals surface area contributed by atoms with Crippen LogP contribution in [-0.2, 0) is 0 Å². The molecule has 0 saturated heterocycles. The van der Waals surface area contributed by atoms with E-state index >= 15 is 0 Å². The Hall–Kier alpha value is -1.59. The molecule has 0 radical (unpaired) electrons. The van der Waals surface area contributed by atoms with Gasteiger partial charge in [0, 0.05) is 6.04 Å². The largest absolute Gasteiger partial charge is 0.406 e. The van der Waals surface area contributed by atoms with Crippen molar-refractivity contribution < 1.29 is 22.4 Å². The maximum atomic E-state index is 13.6. The van der Waals surface area contributed by atoms with Crippen molar-refractivity contribution in [3.63, 3.8) is 0 Å². The molecule has 0 saturated carbocycles. The van der Waals surface area contributed by atoms with E-state index in [4.69, 9.17) is 0 Å². The minimum atomic E-state index is -4.51. The molecule has 6 heteroatoms. The van der Waals surface area contributed by atoms with Crippen LogP contribution >= 0.6 is 0 Å². The number of hydrogen-bond donors (Lipinski definition) is 0. The fraction of sp³-hybridized carbons (Fsp3) is 0.462. The molecular weight excluding hydrogens is 262 g/mol. The zero-order chi connectivity index (χ0) is 14.8. The first-order chi connectivity index (χ1) is 8.61. The van der Waals surface area contributed by atoms with Gasteiger partial charge in [-0.3, -0.25) is 4.79 Å². The molecule has 0 aliphatic heterocycles. The second-order valence-corrected chi connectivity index (χ2v) is 4.63. The van der Waals surface area contributed by atoms with E-state index in [9.17, 15) is 22.4 Å². The summed E-state index contributed by atoms with van der Waals surface area (Å²) in [6.45, 7) is 3.15. The SMILES string of the molecule is Cc1ccc(C(=O)N(CC(F)(F)F)C(C)C)c(F)c1. The number of alkyl halides is 3. The van der Waals surface area contributed by atoms with Gasteiger partial charge in [0.2, 0.25) is 0 Å². The number of amides is 1. The summed E-state index contributed by atoms with van der Waals surface area (Å²) in [6.07, 6.45) is -4.51. The van der Waals surface area contributed by atoms with Crippen molar-refractivity contribution in [2.45, 2.75) is 33.0 Å². The van der Waals surface area contributed by atoms with Gasteiger partial charge < -0.3 is 4.90 Å². The van der Waals surface area contributed by atoms with Crippen molar-refractivity contribution in [3.8, 4) is 0 Å². The third-order valence-corrected chi connectivity index (χ3v) is 2.59. The highest BCUT2D eigenvalue weighted by Crippen LogP contribution is 2.21. The van der Waals surface area contributed by atoms with Crippen molar-refractivity contribution in [2.24, 2.45) is 0 Å². The fourth-order valence-corrected chi connectivity index (χ4v) is 1.63.